The van der Waals surface area contributed by atoms with Crippen molar-refractivity contribution in [3.8, 4) is 0 Å². The van der Waals surface area contributed by atoms with Gasteiger partial charge >= 0.3 is 0 Å². The quantitative estimate of drug-likeness (QED) is 0.324. The number of allylic oxidation sites excluding steroid dienone is 2. The molecule has 18 heavy (non-hydrogen) atoms. The van der Waals surface area contributed by atoms with Crippen molar-refractivity contribution in [2.45, 2.75) is 91.4 Å². The Bertz CT molecular complexity index is 164. The topological polar surface area (TPSA) is 70.0 Å². The molecule has 0 unspecified atom stereocenters. The van der Waals surface area contributed by atoms with Crippen molar-refractivity contribution >= 4 is 0 Å². The van der Waals surface area contributed by atoms with Crippen LogP contribution in [0.4, 0.5) is 0 Å². The summed E-state index contributed by atoms with van der Waals surface area (Å²) in [4.78, 5) is 0. The summed E-state index contributed by atoms with van der Waals surface area (Å²) in [6.45, 7) is 6.67. The first-order chi connectivity index (χ1) is 7.81. The second kappa shape index (κ2) is 19.0. The molecule has 0 saturated carbocycles. The number of hydrogen-bond acceptors (Lipinski definition) is 2. The van der Waals surface area contributed by atoms with Crippen molar-refractivity contribution in [1.29, 1.82) is 0 Å². The fraction of sp³-hybridized carbons (Fsp3) is 0.875. The Balaban J connectivity index is -0.00000112. The van der Waals surface area contributed by atoms with E-state index in [9.17, 15) is 0 Å². The molecule has 0 aliphatic carbocycles. The zero-order chi connectivity index (χ0) is 12.1. The van der Waals surface area contributed by atoms with E-state index >= 15 is 0 Å². The van der Waals surface area contributed by atoms with Crippen LogP contribution in [0.1, 0.15) is 91.4 Å². The maximum Gasteiger partial charge on any atom is -0.0323 e. The smallest absolute Gasteiger partial charge is 0.0323 e. The van der Waals surface area contributed by atoms with Crippen molar-refractivity contribution < 1.29 is 0 Å². The fourth-order valence-corrected chi connectivity index (χ4v) is 2.04. The molecule has 6 N–H and O–H groups in total. The van der Waals surface area contributed by atoms with Crippen LogP contribution in [0, 0.1) is 0 Å². The predicted octanol–water partition coefficient (Wildman–Crippen LogP) is 6.59. The molecule has 2 heteroatoms. The van der Waals surface area contributed by atoms with Crippen LogP contribution < -0.4 is 12.3 Å². The summed E-state index contributed by atoms with van der Waals surface area (Å²) in [7, 11) is 0. The maximum atomic E-state index is 2.28. The molecule has 0 aromatic carbocycles. The molecule has 0 bridgehead atoms. The fourth-order valence-electron chi connectivity index (χ4n) is 2.04. The Hall–Kier alpha value is -0.340. The molecule has 112 valence electrons. The van der Waals surface area contributed by atoms with Crippen LogP contribution in [0.15, 0.2) is 11.6 Å². The van der Waals surface area contributed by atoms with E-state index in [-0.39, 0.29) is 12.3 Å². The van der Waals surface area contributed by atoms with Crippen LogP contribution in [0.25, 0.3) is 0 Å². The van der Waals surface area contributed by atoms with Crippen LogP contribution in [-0.4, -0.2) is 0 Å². The average Bonchev–Trinajstić information content (AvgIpc) is 2.31. The molecule has 0 aliphatic heterocycles. The zero-order valence-corrected chi connectivity index (χ0v) is 13.3. The molecule has 0 aromatic heterocycles. The van der Waals surface area contributed by atoms with Crippen LogP contribution in [0.2, 0.25) is 0 Å². The second-order valence-corrected chi connectivity index (χ2v) is 5.07. The molecular formula is C16H38N2. The summed E-state index contributed by atoms with van der Waals surface area (Å²) in [6.07, 6.45) is 17.9. The minimum absolute atomic E-state index is 0. The summed E-state index contributed by atoms with van der Waals surface area (Å²) in [5.41, 5.74) is 1.56. The molecule has 0 spiro atoms. The number of unbranched alkanes of at least 4 members (excludes halogenated alkanes) is 9. The number of rotatable bonds is 11. The molecule has 0 aromatic rings. The van der Waals surface area contributed by atoms with E-state index < -0.39 is 0 Å². The van der Waals surface area contributed by atoms with E-state index in [1.807, 2.05) is 0 Å². The minimum atomic E-state index is 0. The van der Waals surface area contributed by atoms with Crippen LogP contribution >= 0.6 is 0 Å². The van der Waals surface area contributed by atoms with Gasteiger partial charge in [0.05, 0.1) is 0 Å². The molecule has 0 atom stereocenters. The van der Waals surface area contributed by atoms with Crippen LogP contribution in [0.3, 0.4) is 0 Å². The van der Waals surface area contributed by atoms with Crippen molar-refractivity contribution in [1.82, 2.24) is 12.3 Å². The third-order valence-corrected chi connectivity index (χ3v) is 3.42. The SMILES string of the molecule is C/C=C(\C)CCCCCCCCCCCC.N.N. The highest BCUT2D eigenvalue weighted by Crippen LogP contribution is 2.13. The monoisotopic (exact) mass is 258 g/mol. The highest BCUT2D eigenvalue weighted by molar-refractivity contribution is 4.94. The lowest BCUT2D eigenvalue weighted by Gasteiger charge is -2.02. The Morgan fingerprint density at radius 3 is 1.50 bits per heavy atom. The summed E-state index contributed by atoms with van der Waals surface area (Å²) in [6, 6.07) is 0. The zero-order valence-electron chi connectivity index (χ0n) is 13.3. The molecule has 0 aliphatic rings. The lowest BCUT2D eigenvalue weighted by Crippen LogP contribution is -1.82. The van der Waals surface area contributed by atoms with Gasteiger partial charge in [0.25, 0.3) is 0 Å². The Kier molecular flexibility index (Phi) is 24.1. The van der Waals surface area contributed by atoms with E-state index in [2.05, 4.69) is 26.8 Å². The van der Waals surface area contributed by atoms with Crippen molar-refractivity contribution in [2.75, 3.05) is 0 Å². The molecular weight excluding hydrogens is 220 g/mol. The summed E-state index contributed by atoms with van der Waals surface area (Å²) in [5, 5.41) is 0. The molecule has 0 saturated heterocycles. The second-order valence-electron chi connectivity index (χ2n) is 5.07. The summed E-state index contributed by atoms with van der Waals surface area (Å²) in [5.74, 6) is 0. The molecule has 0 amide bonds. The molecule has 0 heterocycles. The average molecular weight is 258 g/mol. The standard InChI is InChI=1S/C16H32.2H3N/c1-4-6-7-8-9-10-11-12-13-14-15-16(3)5-2;;/h5H,4,6-15H2,1-3H3;2*1H3/b16-5+;;. The third kappa shape index (κ3) is 18.0. The molecule has 0 radical (unpaired) electrons. The first-order valence-corrected chi connectivity index (χ1v) is 7.43. The van der Waals surface area contributed by atoms with E-state index in [4.69, 9.17) is 0 Å². The van der Waals surface area contributed by atoms with Gasteiger partial charge in [-0.3, -0.25) is 0 Å². The number of hydrogen-bond donors (Lipinski definition) is 2. The minimum Gasteiger partial charge on any atom is -0.344 e. The van der Waals surface area contributed by atoms with E-state index in [0.29, 0.717) is 0 Å². The highest BCUT2D eigenvalue weighted by Gasteiger charge is 1.93. The van der Waals surface area contributed by atoms with Gasteiger partial charge < -0.3 is 12.3 Å². The first-order valence-electron chi connectivity index (χ1n) is 7.43. The van der Waals surface area contributed by atoms with Gasteiger partial charge in [-0.25, -0.2) is 0 Å². The van der Waals surface area contributed by atoms with E-state index in [0.717, 1.165) is 0 Å². The molecule has 2 nitrogen and oxygen atoms in total. The van der Waals surface area contributed by atoms with Gasteiger partial charge in [0.1, 0.15) is 0 Å². The van der Waals surface area contributed by atoms with Crippen molar-refractivity contribution in [2.24, 2.45) is 0 Å². The Labute approximate surface area is 116 Å². The first kappa shape index (κ1) is 22.8. The largest absolute Gasteiger partial charge is 0.344 e. The van der Waals surface area contributed by atoms with Gasteiger partial charge in [0.2, 0.25) is 0 Å². The third-order valence-electron chi connectivity index (χ3n) is 3.42. The molecule has 0 rings (SSSR count). The predicted molar refractivity (Wildman–Crippen MR) is 85.9 cm³/mol. The van der Waals surface area contributed by atoms with E-state index in [1.165, 1.54) is 70.6 Å². The lowest BCUT2D eigenvalue weighted by molar-refractivity contribution is 0.556. The summed E-state index contributed by atoms with van der Waals surface area (Å²) >= 11 is 0. The van der Waals surface area contributed by atoms with Gasteiger partial charge in [-0.2, -0.15) is 0 Å². The van der Waals surface area contributed by atoms with Gasteiger partial charge in [-0.1, -0.05) is 76.4 Å². The Morgan fingerprint density at radius 1 is 0.722 bits per heavy atom. The van der Waals surface area contributed by atoms with Gasteiger partial charge in [0, 0.05) is 0 Å². The van der Waals surface area contributed by atoms with Crippen LogP contribution in [0.5, 0.6) is 0 Å². The lowest BCUT2D eigenvalue weighted by atomic mass is 10.0. The normalized spacial score (nSPS) is 10.7. The van der Waals surface area contributed by atoms with Crippen molar-refractivity contribution in [3.05, 3.63) is 11.6 Å². The van der Waals surface area contributed by atoms with Gasteiger partial charge in [0.15, 0.2) is 0 Å². The van der Waals surface area contributed by atoms with Gasteiger partial charge in [-0.05, 0) is 26.7 Å². The molecule has 0 fully saturated rings. The Morgan fingerprint density at radius 2 is 1.11 bits per heavy atom. The van der Waals surface area contributed by atoms with E-state index in [1.54, 1.807) is 5.57 Å². The van der Waals surface area contributed by atoms with Crippen molar-refractivity contribution in [3.63, 3.8) is 0 Å². The highest BCUT2D eigenvalue weighted by atomic mass is 14.0. The maximum absolute atomic E-state index is 2.28. The van der Waals surface area contributed by atoms with Crippen LogP contribution in [-0.2, 0) is 0 Å². The van der Waals surface area contributed by atoms with Gasteiger partial charge in [-0.15, -0.1) is 0 Å². The summed E-state index contributed by atoms with van der Waals surface area (Å²) < 4.78 is 0.